The fourth-order valence-corrected chi connectivity index (χ4v) is 6.21. The van der Waals surface area contributed by atoms with Gasteiger partial charge in [0.1, 0.15) is 5.76 Å². The minimum Gasteiger partial charge on any atom is -0.360 e. The maximum absolute atomic E-state index is 12.5. The molecule has 1 aromatic rings. The summed E-state index contributed by atoms with van der Waals surface area (Å²) in [5.41, 5.74) is 0.0378. The van der Waals surface area contributed by atoms with Crippen LogP contribution >= 0.6 is 11.8 Å². The Morgan fingerprint density at radius 3 is 2.42 bits per heavy atom. The molecule has 7 heteroatoms. The molecule has 0 aromatic carbocycles. The molecule has 142 valence electrons. The van der Waals surface area contributed by atoms with Crippen molar-refractivity contribution in [3.63, 3.8) is 0 Å². The van der Waals surface area contributed by atoms with Gasteiger partial charge in [-0.3, -0.25) is 9.59 Å². The molecule has 26 heavy (non-hydrogen) atoms. The lowest BCUT2D eigenvalue weighted by atomic mass is 9.53. The van der Waals surface area contributed by atoms with E-state index >= 15 is 0 Å². The summed E-state index contributed by atoms with van der Waals surface area (Å²) in [7, 11) is 0. The zero-order valence-electron chi connectivity index (χ0n) is 15.4. The van der Waals surface area contributed by atoms with E-state index in [0.717, 1.165) is 37.0 Å². The summed E-state index contributed by atoms with van der Waals surface area (Å²) in [5, 5.41) is 9.50. The molecule has 0 spiro atoms. The number of aromatic nitrogens is 1. The molecule has 4 saturated carbocycles. The average molecular weight is 378 g/mol. The summed E-state index contributed by atoms with van der Waals surface area (Å²) in [5.74, 6) is 3.71. The quantitative estimate of drug-likeness (QED) is 0.796. The molecular weight excluding hydrogens is 350 g/mol. The molecule has 4 fully saturated rings. The zero-order valence-corrected chi connectivity index (χ0v) is 16.2. The number of nitrogens with zero attached hydrogens (tertiary/aromatic N) is 1. The second-order valence-corrected chi connectivity index (χ2v) is 9.84. The Labute approximate surface area is 158 Å². The fraction of sp³-hybridized carbons (Fsp3) is 0.737. The van der Waals surface area contributed by atoms with Crippen LogP contribution in [0.3, 0.4) is 0 Å². The third kappa shape index (κ3) is 3.77. The van der Waals surface area contributed by atoms with Gasteiger partial charge in [0.15, 0.2) is 5.82 Å². The molecule has 0 aliphatic heterocycles. The summed E-state index contributed by atoms with van der Waals surface area (Å²) < 4.78 is 4.94. The molecule has 2 amide bonds. The number of amides is 2. The van der Waals surface area contributed by atoms with E-state index < -0.39 is 0 Å². The molecule has 6 nitrogen and oxygen atoms in total. The number of rotatable bonds is 6. The molecule has 1 heterocycles. The summed E-state index contributed by atoms with van der Waals surface area (Å²) in [4.78, 5) is 24.7. The fourth-order valence-electron chi connectivity index (χ4n) is 5.53. The van der Waals surface area contributed by atoms with Crippen molar-refractivity contribution >= 4 is 29.4 Å². The lowest BCUT2D eigenvalue weighted by Gasteiger charge is -2.56. The van der Waals surface area contributed by atoms with Crippen LogP contribution in [-0.2, 0) is 9.59 Å². The Morgan fingerprint density at radius 1 is 1.27 bits per heavy atom. The van der Waals surface area contributed by atoms with Gasteiger partial charge in [-0.05, 0) is 70.1 Å². The highest BCUT2D eigenvalue weighted by atomic mass is 32.2. The minimum absolute atomic E-state index is 0.0378. The van der Waals surface area contributed by atoms with Crippen molar-refractivity contribution < 1.29 is 14.1 Å². The lowest BCUT2D eigenvalue weighted by Crippen LogP contribution is -2.60. The highest BCUT2D eigenvalue weighted by Gasteiger charge is 2.51. The van der Waals surface area contributed by atoms with Crippen molar-refractivity contribution in [2.45, 2.75) is 63.2 Å². The molecule has 4 aliphatic rings. The van der Waals surface area contributed by atoms with Gasteiger partial charge in [-0.2, -0.15) is 0 Å². The number of anilines is 1. The molecule has 1 aromatic heterocycles. The second-order valence-electron chi connectivity index (χ2n) is 8.51. The molecule has 4 bridgehead atoms. The van der Waals surface area contributed by atoms with Crippen molar-refractivity contribution in [3.8, 4) is 0 Å². The minimum atomic E-state index is -0.325. The third-order valence-corrected chi connectivity index (χ3v) is 7.30. The Bertz CT molecular complexity index is 667. The number of hydrogen-bond donors (Lipinski definition) is 2. The zero-order chi connectivity index (χ0) is 18.3. The molecule has 0 unspecified atom stereocenters. The summed E-state index contributed by atoms with van der Waals surface area (Å²) in [6.45, 7) is 3.58. The maximum atomic E-state index is 12.5. The van der Waals surface area contributed by atoms with E-state index in [0.29, 0.717) is 17.3 Å². The van der Waals surface area contributed by atoms with Gasteiger partial charge in [-0.1, -0.05) is 5.16 Å². The van der Waals surface area contributed by atoms with Crippen molar-refractivity contribution in [1.82, 2.24) is 10.5 Å². The van der Waals surface area contributed by atoms with E-state index in [2.05, 4.69) is 15.8 Å². The Hall–Kier alpha value is -1.50. The molecule has 1 atom stereocenters. The first-order chi connectivity index (χ1) is 12.4. The van der Waals surface area contributed by atoms with Gasteiger partial charge in [0, 0.05) is 11.6 Å². The number of nitrogens with one attached hydrogen (secondary N) is 2. The summed E-state index contributed by atoms with van der Waals surface area (Å²) >= 11 is 1.36. The number of carbonyl (C=O) groups is 2. The van der Waals surface area contributed by atoms with Crippen LogP contribution in [0.5, 0.6) is 0 Å². The monoisotopic (exact) mass is 377 g/mol. The first-order valence-electron chi connectivity index (χ1n) is 9.57. The van der Waals surface area contributed by atoms with Gasteiger partial charge < -0.3 is 15.2 Å². The maximum Gasteiger partial charge on any atom is 0.238 e. The van der Waals surface area contributed by atoms with Gasteiger partial charge >= 0.3 is 0 Å². The summed E-state index contributed by atoms with van der Waals surface area (Å²) in [6.07, 6.45) is 7.54. The van der Waals surface area contributed by atoms with Gasteiger partial charge in [-0.25, -0.2) is 0 Å². The number of hydrogen-bond acceptors (Lipinski definition) is 5. The predicted octanol–water partition coefficient (Wildman–Crippen LogP) is 3.13. The lowest BCUT2D eigenvalue weighted by molar-refractivity contribution is -0.124. The van der Waals surface area contributed by atoms with E-state index in [9.17, 15) is 9.59 Å². The van der Waals surface area contributed by atoms with E-state index in [1.807, 2.05) is 6.92 Å². The van der Waals surface area contributed by atoms with Crippen molar-refractivity contribution in [2.75, 3.05) is 11.1 Å². The first-order valence-corrected chi connectivity index (χ1v) is 10.6. The molecule has 0 radical (unpaired) electrons. The van der Waals surface area contributed by atoms with Crippen LogP contribution in [0.1, 0.15) is 51.2 Å². The first kappa shape index (κ1) is 17.9. The van der Waals surface area contributed by atoms with Crippen LogP contribution in [0.4, 0.5) is 5.82 Å². The SMILES string of the molecule is Cc1cc(NC(=O)[C@H](C)SCC(=O)NC23CC4CC(CC(C4)C2)C3)no1. The summed E-state index contributed by atoms with van der Waals surface area (Å²) in [6, 6.07) is 1.68. The van der Waals surface area contributed by atoms with Crippen LogP contribution in [0, 0.1) is 24.7 Å². The standard InChI is InChI=1S/C19H27N3O3S/c1-11-3-16(22-25-11)20-18(24)12(2)26-10-17(23)21-19-7-13-4-14(8-19)6-15(5-13)9-19/h3,12-15H,4-10H2,1-2H3,(H,21,23)(H,20,22,24)/t12-,13?,14?,15?,19?/m0/s1. The van der Waals surface area contributed by atoms with Crippen molar-refractivity contribution in [3.05, 3.63) is 11.8 Å². The smallest absolute Gasteiger partial charge is 0.238 e. The third-order valence-electron chi connectivity index (χ3n) is 6.16. The van der Waals surface area contributed by atoms with Crippen LogP contribution < -0.4 is 10.6 Å². The molecule has 0 saturated heterocycles. The molecular formula is C19H27N3O3S. The van der Waals surface area contributed by atoms with Gasteiger partial charge in [0.25, 0.3) is 0 Å². The van der Waals surface area contributed by atoms with Gasteiger partial charge in [0.2, 0.25) is 11.8 Å². The number of carbonyl (C=O) groups excluding carboxylic acids is 2. The predicted molar refractivity (Wildman–Crippen MR) is 101 cm³/mol. The topological polar surface area (TPSA) is 84.2 Å². The van der Waals surface area contributed by atoms with E-state index in [-0.39, 0.29) is 22.6 Å². The average Bonchev–Trinajstić information content (AvgIpc) is 2.95. The van der Waals surface area contributed by atoms with E-state index in [1.54, 1.807) is 13.0 Å². The molecule has 5 rings (SSSR count). The Morgan fingerprint density at radius 2 is 1.88 bits per heavy atom. The second kappa shape index (κ2) is 6.91. The van der Waals surface area contributed by atoms with Crippen LogP contribution in [0.15, 0.2) is 10.6 Å². The highest BCUT2D eigenvalue weighted by molar-refractivity contribution is 8.01. The van der Waals surface area contributed by atoms with Crippen LogP contribution in [0.2, 0.25) is 0 Å². The normalized spacial score (nSPS) is 33.1. The van der Waals surface area contributed by atoms with E-state index in [1.165, 1.54) is 31.0 Å². The van der Waals surface area contributed by atoms with Crippen molar-refractivity contribution in [2.24, 2.45) is 17.8 Å². The molecule has 2 N–H and O–H groups in total. The largest absolute Gasteiger partial charge is 0.360 e. The highest BCUT2D eigenvalue weighted by Crippen LogP contribution is 2.55. The Balaban J connectivity index is 1.25. The van der Waals surface area contributed by atoms with Crippen LogP contribution in [-0.4, -0.2) is 33.5 Å². The van der Waals surface area contributed by atoms with Crippen molar-refractivity contribution in [1.29, 1.82) is 0 Å². The Kier molecular flexibility index (Phi) is 4.75. The molecule has 4 aliphatic carbocycles. The van der Waals surface area contributed by atoms with Gasteiger partial charge in [0.05, 0.1) is 11.0 Å². The van der Waals surface area contributed by atoms with Gasteiger partial charge in [-0.15, -0.1) is 11.8 Å². The number of aryl methyl sites for hydroxylation is 1. The number of thioether (sulfide) groups is 1. The van der Waals surface area contributed by atoms with E-state index in [4.69, 9.17) is 4.52 Å². The van der Waals surface area contributed by atoms with Crippen LogP contribution in [0.25, 0.3) is 0 Å².